The van der Waals surface area contributed by atoms with Gasteiger partial charge in [0.1, 0.15) is 23.2 Å². The second-order valence-electron chi connectivity index (χ2n) is 9.59. The third-order valence-corrected chi connectivity index (χ3v) is 6.04. The minimum Gasteiger partial charge on any atom is -0.401 e. The van der Waals surface area contributed by atoms with Crippen LogP contribution in [0, 0.1) is 5.41 Å². The number of benzene rings is 1. The second-order valence-corrected chi connectivity index (χ2v) is 10.0. The molecule has 188 valence electrons. The lowest BCUT2D eigenvalue weighted by Crippen LogP contribution is -2.31. The number of hydrogen-bond donors (Lipinski definition) is 3. The molecule has 0 radical (unpaired) electrons. The maximum Gasteiger partial charge on any atom is 0.256 e. The van der Waals surface area contributed by atoms with Crippen molar-refractivity contribution in [1.29, 1.82) is 0 Å². The predicted octanol–water partition coefficient (Wildman–Crippen LogP) is 4.06. The fraction of sp³-hybridized carbons (Fsp3) is 0.360. The Morgan fingerprint density at radius 2 is 1.92 bits per heavy atom. The third kappa shape index (κ3) is 5.88. The highest BCUT2D eigenvalue weighted by molar-refractivity contribution is 6.31. The Kier molecular flexibility index (Phi) is 7.35. The maximum atomic E-state index is 13.0. The molecular formula is C25H30ClN9O. The zero-order chi connectivity index (χ0) is 25.9. The highest BCUT2D eigenvalue weighted by atomic mass is 35.5. The fourth-order valence-corrected chi connectivity index (χ4v) is 3.88. The molecule has 1 aliphatic rings. The number of allylic oxidation sites excluding steroid dienone is 1. The average molecular weight is 508 g/mol. The normalized spacial score (nSPS) is 14.9. The van der Waals surface area contributed by atoms with E-state index in [1.165, 1.54) is 6.33 Å². The van der Waals surface area contributed by atoms with Gasteiger partial charge in [-0.15, -0.1) is 0 Å². The minimum absolute atomic E-state index is 0.258. The number of aliphatic imine (C=N–C) groups is 1. The van der Waals surface area contributed by atoms with Crippen LogP contribution in [0.1, 0.15) is 44.0 Å². The standard InChI is InChI=1S/C25H30ClN9O/c1-25(2,3)19(27)12-20(28-4)33-23(36)15-9-16(26)11-17(10-15)32-22-21-18(30-14-31-22)13-29-24(34-21)35-7-5-6-8-35/h9-14H,5-8,27H2,1-4H3,(H,28,33,36)(H,30,31,32). The predicted molar refractivity (Wildman–Crippen MR) is 144 cm³/mol. The number of amides is 1. The summed E-state index contributed by atoms with van der Waals surface area (Å²) in [4.78, 5) is 37.1. The van der Waals surface area contributed by atoms with Crippen LogP contribution in [0.15, 0.2) is 47.5 Å². The van der Waals surface area contributed by atoms with Crippen molar-refractivity contribution in [3.63, 3.8) is 0 Å². The van der Waals surface area contributed by atoms with Gasteiger partial charge in [0.25, 0.3) is 5.91 Å². The number of fused-ring (bicyclic) bond motifs is 1. The first kappa shape index (κ1) is 25.3. The third-order valence-electron chi connectivity index (χ3n) is 5.82. The number of nitrogens with two attached hydrogens (primary N) is 1. The van der Waals surface area contributed by atoms with Crippen molar-refractivity contribution in [3.8, 4) is 0 Å². The Morgan fingerprint density at radius 3 is 2.61 bits per heavy atom. The molecule has 36 heavy (non-hydrogen) atoms. The van der Waals surface area contributed by atoms with Crippen LogP contribution in [0.3, 0.4) is 0 Å². The van der Waals surface area contributed by atoms with Crippen molar-refractivity contribution in [3.05, 3.63) is 53.1 Å². The molecular weight excluding hydrogens is 478 g/mol. The van der Waals surface area contributed by atoms with E-state index in [1.807, 2.05) is 20.8 Å². The van der Waals surface area contributed by atoms with Crippen molar-refractivity contribution in [1.82, 2.24) is 25.3 Å². The quantitative estimate of drug-likeness (QED) is 0.347. The summed E-state index contributed by atoms with van der Waals surface area (Å²) in [7, 11) is 1.59. The van der Waals surface area contributed by atoms with Crippen LogP contribution in [-0.4, -0.2) is 51.8 Å². The smallest absolute Gasteiger partial charge is 0.256 e. The molecule has 3 heterocycles. The average Bonchev–Trinajstić information content (AvgIpc) is 3.37. The topological polar surface area (TPSA) is 134 Å². The molecule has 0 bridgehead atoms. The molecule has 4 rings (SSSR count). The van der Waals surface area contributed by atoms with Crippen LogP contribution in [0.5, 0.6) is 0 Å². The first-order chi connectivity index (χ1) is 17.1. The number of hydrogen-bond acceptors (Lipinski definition) is 9. The molecule has 0 unspecified atom stereocenters. The minimum atomic E-state index is -0.370. The van der Waals surface area contributed by atoms with Gasteiger partial charge in [0.05, 0.1) is 6.20 Å². The Morgan fingerprint density at radius 1 is 1.17 bits per heavy atom. The van der Waals surface area contributed by atoms with Crippen molar-refractivity contribution in [2.75, 3.05) is 30.4 Å². The van der Waals surface area contributed by atoms with Gasteiger partial charge in [-0.1, -0.05) is 32.4 Å². The molecule has 0 atom stereocenters. The number of nitrogens with zero attached hydrogens (tertiary/aromatic N) is 6. The monoisotopic (exact) mass is 507 g/mol. The van der Waals surface area contributed by atoms with Gasteiger partial charge in [-0.2, -0.15) is 0 Å². The van der Waals surface area contributed by atoms with Crippen molar-refractivity contribution < 1.29 is 4.79 Å². The molecule has 10 nitrogen and oxygen atoms in total. The number of nitrogens with one attached hydrogen (secondary N) is 2. The van der Waals surface area contributed by atoms with E-state index in [1.54, 1.807) is 37.5 Å². The van der Waals surface area contributed by atoms with Crippen molar-refractivity contribution >= 4 is 51.8 Å². The number of anilines is 3. The summed E-state index contributed by atoms with van der Waals surface area (Å²) in [5.74, 6) is 1.13. The van der Waals surface area contributed by atoms with Crippen molar-refractivity contribution in [2.24, 2.45) is 16.1 Å². The van der Waals surface area contributed by atoms with Crippen LogP contribution < -0.4 is 21.3 Å². The molecule has 1 amide bonds. The first-order valence-electron chi connectivity index (χ1n) is 11.7. The van der Waals surface area contributed by atoms with E-state index in [0.29, 0.717) is 50.6 Å². The van der Waals surface area contributed by atoms with E-state index < -0.39 is 0 Å². The number of aromatic nitrogens is 4. The summed E-state index contributed by atoms with van der Waals surface area (Å²) < 4.78 is 0. The van der Waals surface area contributed by atoms with Crippen LogP contribution >= 0.6 is 11.6 Å². The fourth-order valence-electron chi connectivity index (χ4n) is 3.64. The molecule has 1 saturated heterocycles. The Bertz CT molecular complexity index is 1340. The van der Waals surface area contributed by atoms with Crippen molar-refractivity contribution in [2.45, 2.75) is 33.6 Å². The van der Waals surface area contributed by atoms with E-state index in [4.69, 9.17) is 22.3 Å². The Hall–Kier alpha value is -3.79. The van der Waals surface area contributed by atoms with Gasteiger partial charge in [0.15, 0.2) is 5.82 Å². The number of carbonyl (C=O) groups excluding carboxylic acids is 1. The van der Waals surface area contributed by atoms with Crippen LogP contribution in [0.4, 0.5) is 17.5 Å². The first-order valence-corrected chi connectivity index (χ1v) is 12.1. The molecule has 0 saturated carbocycles. The number of carbonyl (C=O) groups is 1. The highest BCUT2D eigenvalue weighted by Crippen LogP contribution is 2.27. The molecule has 1 aromatic carbocycles. The van der Waals surface area contributed by atoms with Crippen LogP contribution in [0.2, 0.25) is 5.02 Å². The molecule has 4 N–H and O–H groups in total. The lowest BCUT2D eigenvalue weighted by molar-refractivity contribution is 0.0977. The molecule has 2 aromatic heterocycles. The van der Waals surface area contributed by atoms with E-state index >= 15 is 0 Å². The van der Waals surface area contributed by atoms with Gasteiger partial charge in [-0.3, -0.25) is 9.79 Å². The van der Waals surface area contributed by atoms with E-state index in [9.17, 15) is 4.79 Å². The van der Waals surface area contributed by atoms with E-state index in [0.717, 1.165) is 25.9 Å². The summed E-state index contributed by atoms with van der Waals surface area (Å²) in [6.07, 6.45) is 7.04. The number of amidine groups is 1. The summed E-state index contributed by atoms with van der Waals surface area (Å²) in [5, 5.41) is 6.41. The lowest BCUT2D eigenvalue weighted by atomic mass is 9.92. The lowest BCUT2D eigenvalue weighted by Gasteiger charge is -2.19. The highest BCUT2D eigenvalue weighted by Gasteiger charge is 2.18. The zero-order valence-electron chi connectivity index (χ0n) is 20.8. The number of rotatable bonds is 5. The Labute approximate surface area is 215 Å². The second kappa shape index (κ2) is 10.4. The van der Waals surface area contributed by atoms with Gasteiger partial charge >= 0.3 is 0 Å². The zero-order valence-corrected chi connectivity index (χ0v) is 21.6. The number of halogens is 1. The molecule has 0 spiro atoms. The van der Waals surface area contributed by atoms with Gasteiger partial charge in [0, 0.05) is 47.5 Å². The van der Waals surface area contributed by atoms with Gasteiger partial charge in [-0.25, -0.2) is 19.9 Å². The largest absolute Gasteiger partial charge is 0.401 e. The SMILES string of the molecule is CN=C(C=C(N)C(C)(C)C)NC(=O)c1cc(Cl)cc(Nc2ncnc3cnc(N4CCCC4)nc23)c1. The van der Waals surface area contributed by atoms with E-state index in [2.05, 4.69) is 35.5 Å². The molecule has 3 aromatic rings. The maximum absolute atomic E-state index is 13.0. The van der Waals surface area contributed by atoms with E-state index in [-0.39, 0.29) is 11.3 Å². The summed E-state index contributed by atoms with van der Waals surface area (Å²) >= 11 is 6.36. The summed E-state index contributed by atoms with van der Waals surface area (Å²) in [6, 6.07) is 4.97. The van der Waals surface area contributed by atoms with Crippen LogP contribution in [-0.2, 0) is 0 Å². The van der Waals surface area contributed by atoms with Gasteiger partial charge in [-0.05, 0) is 37.1 Å². The molecule has 11 heteroatoms. The van der Waals surface area contributed by atoms with Gasteiger partial charge in [0.2, 0.25) is 5.95 Å². The molecule has 1 fully saturated rings. The molecule has 0 aliphatic carbocycles. The summed E-state index contributed by atoms with van der Waals surface area (Å²) in [6.45, 7) is 7.80. The van der Waals surface area contributed by atoms with Crippen LogP contribution in [0.25, 0.3) is 11.0 Å². The summed E-state index contributed by atoms with van der Waals surface area (Å²) in [5.41, 5.74) is 8.61. The molecule has 1 aliphatic heterocycles. The van der Waals surface area contributed by atoms with Gasteiger partial charge < -0.3 is 21.3 Å². The Balaban J connectivity index is 1.60.